The minimum atomic E-state index is 0.176. The molecule has 0 aliphatic rings. The molecule has 6 nitrogen and oxygen atoms in total. The molecule has 24 heavy (non-hydrogen) atoms. The topological polar surface area (TPSA) is 114 Å². The van der Waals surface area contributed by atoms with Crippen molar-refractivity contribution in [2.75, 3.05) is 11.5 Å². The van der Waals surface area contributed by atoms with Crippen molar-refractivity contribution >= 4 is 11.8 Å². The van der Waals surface area contributed by atoms with Gasteiger partial charge in [0.25, 0.3) is 0 Å². The van der Waals surface area contributed by atoms with Gasteiger partial charge in [0, 0.05) is 29.1 Å². The number of aromatic nitrogens is 3. The highest BCUT2D eigenvalue weighted by Crippen LogP contribution is 2.30. The second-order valence-electron chi connectivity index (χ2n) is 5.31. The first kappa shape index (κ1) is 15.4. The van der Waals surface area contributed by atoms with Crippen LogP contribution in [-0.2, 0) is 6.42 Å². The van der Waals surface area contributed by atoms with Gasteiger partial charge in [-0.1, -0.05) is 31.2 Å². The molecule has 0 fully saturated rings. The van der Waals surface area contributed by atoms with Gasteiger partial charge in [0.2, 0.25) is 5.95 Å². The predicted octanol–water partition coefficient (Wildman–Crippen LogP) is 2.80. The van der Waals surface area contributed by atoms with E-state index in [1.54, 1.807) is 12.4 Å². The van der Waals surface area contributed by atoms with E-state index in [-0.39, 0.29) is 11.8 Å². The molecule has 118 valence electrons. The number of hydrogen-bond acceptors (Lipinski definition) is 6. The maximum Gasteiger partial charge on any atom is 0.219 e. The molecule has 0 aliphatic carbocycles. The van der Waals surface area contributed by atoms with Crippen molar-refractivity contribution in [2.45, 2.75) is 13.3 Å². The van der Waals surface area contributed by atoms with Gasteiger partial charge in [0.05, 0.1) is 5.69 Å². The van der Waals surface area contributed by atoms with E-state index >= 15 is 0 Å². The Morgan fingerprint density at radius 3 is 2.29 bits per heavy atom. The molecule has 0 bridgehead atoms. The van der Waals surface area contributed by atoms with Crippen LogP contribution in [0.2, 0.25) is 0 Å². The summed E-state index contributed by atoms with van der Waals surface area (Å²) in [5.74, 6) is 0.357. The number of rotatable bonds is 3. The molecule has 0 saturated heterocycles. The number of nitrogen functional groups attached to an aromatic ring is 2. The predicted molar refractivity (Wildman–Crippen MR) is 93.6 cm³/mol. The molecular formula is C18H16N6. The van der Waals surface area contributed by atoms with Crippen LogP contribution in [0.15, 0.2) is 42.7 Å². The quantitative estimate of drug-likeness (QED) is 0.767. The van der Waals surface area contributed by atoms with Gasteiger partial charge in [-0.3, -0.25) is 0 Å². The van der Waals surface area contributed by atoms with E-state index in [4.69, 9.17) is 11.5 Å². The Labute approximate surface area is 139 Å². The first-order valence-corrected chi connectivity index (χ1v) is 7.50. The number of anilines is 2. The van der Waals surface area contributed by atoms with Gasteiger partial charge >= 0.3 is 0 Å². The number of nitrogens with zero attached hydrogens (tertiary/aromatic N) is 4. The van der Waals surface area contributed by atoms with Crippen LogP contribution in [-0.4, -0.2) is 15.0 Å². The van der Waals surface area contributed by atoms with Crippen LogP contribution in [0.3, 0.4) is 0 Å². The fourth-order valence-corrected chi connectivity index (χ4v) is 2.45. The zero-order chi connectivity index (χ0) is 17.1. The van der Waals surface area contributed by atoms with E-state index in [1.807, 2.05) is 18.2 Å². The first-order chi connectivity index (χ1) is 11.6. The lowest BCUT2D eigenvalue weighted by molar-refractivity contribution is 1.14. The van der Waals surface area contributed by atoms with E-state index < -0.39 is 0 Å². The summed E-state index contributed by atoms with van der Waals surface area (Å²) in [4.78, 5) is 12.3. The lowest BCUT2D eigenvalue weighted by Gasteiger charge is -2.10. The third-order valence-electron chi connectivity index (χ3n) is 3.80. The van der Waals surface area contributed by atoms with Gasteiger partial charge in [0.15, 0.2) is 0 Å². The molecule has 0 saturated carbocycles. The fraction of sp³-hybridized carbons (Fsp3) is 0.111. The number of hydrogen-bond donors (Lipinski definition) is 2. The smallest absolute Gasteiger partial charge is 0.219 e. The van der Waals surface area contributed by atoms with Crippen LogP contribution in [0.25, 0.3) is 22.4 Å². The lowest BCUT2D eigenvalue weighted by Crippen LogP contribution is -2.01. The van der Waals surface area contributed by atoms with E-state index in [0.29, 0.717) is 22.4 Å². The Bertz CT molecular complexity index is 908. The molecule has 0 radical (unpaired) electrons. The van der Waals surface area contributed by atoms with E-state index in [1.165, 1.54) is 5.56 Å². The number of nitriles is 1. The fourth-order valence-electron chi connectivity index (χ4n) is 2.45. The highest BCUT2D eigenvalue weighted by Gasteiger charge is 2.14. The van der Waals surface area contributed by atoms with E-state index in [0.717, 1.165) is 12.0 Å². The molecule has 0 spiro atoms. The number of benzene rings is 1. The van der Waals surface area contributed by atoms with Gasteiger partial charge < -0.3 is 11.5 Å². The highest BCUT2D eigenvalue weighted by atomic mass is 15.0. The Morgan fingerprint density at radius 1 is 1.04 bits per heavy atom. The summed E-state index contributed by atoms with van der Waals surface area (Å²) >= 11 is 0. The maximum atomic E-state index is 9.41. The molecule has 0 atom stereocenters. The van der Waals surface area contributed by atoms with Gasteiger partial charge in [-0.15, -0.1) is 0 Å². The van der Waals surface area contributed by atoms with E-state index in [9.17, 15) is 5.26 Å². The summed E-state index contributed by atoms with van der Waals surface area (Å²) in [5.41, 5.74) is 16.0. The molecule has 0 aliphatic heterocycles. The number of aryl methyl sites for hydroxylation is 1. The summed E-state index contributed by atoms with van der Waals surface area (Å²) < 4.78 is 0. The van der Waals surface area contributed by atoms with E-state index in [2.05, 4.69) is 40.1 Å². The summed E-state index contributed by atoms with van der Waals surface area (Å²) in [6.07, 6.45) is 4.11. The standard InChI is InChI=1S/C18H16N6/c1-2-11-3-5-12(6-4-11)16-7-14(15(8-19)17(20)24-16)13-9-22-18(21)23-10-13/h3-7,9-10H,2H2,1H3,(H2,20,24)(H2,21,22,23). The van der Waals surface area contributed by atoms with Gasteiger partial charge in [-0.05, 0) is 18.1 Å². The zero-order valence-electron chi connectivity index (χ0n) is 13.2. The molecule has 2 heterocycles. The summed E-state index contributed by atoms with van der Waals surface area (Å²) in [6, 6.07) is 12.0. The summed E-state index contributed by atoms with van der Waals surface area (Å²) in [6.45, 7) is 2.10. The molecule has 3 rings (SSSR count). The van der Waals surface area contributed by atoms with Gasteiger partial charge in [0.1, 0.15) is 17.5 Å². The summed E-state index contributed by atoms with van der Waals surface area (Å²) in [5, 5.41) is 9.41. The monoisotopic (exact) mass is 316 g/mol. The largest absolute Gasteiger partial charge is 0.383 e. The Balaban J connectivity index is 2.15. The van der Waals surface area contributed by atoms with Crippen LogP contribution in [0.4, 0.5) is 11.8 Å². The third kappa shape index (κ3) is 2.88. The van der Waals surface area contributed by atoms with Crippen molar-refractivity contribution in [3.05, 3.63) is 53.9 Å². The Hall–Kier alpha value is -3.46. The molecule has 6 heteroatoms. The molecule has 1 aromatic carbocycles. The maximum absolute atomic E-state index is 9.41. The SMILES string of the molecule is CCc1ccc(-c2cc(-c3cnc(N)nc3)c(C#N)c(N)n2)cc1. The molecule has 0 unspecified atom stereocenters. The van der Waals surface area contributed by atoms with Crippen LogP contribution in [0.5, 0.6) is 0 Å². The third-order valence-corrected chi connectivity index (χ3v) is 3.80. The number of pyridine rings is 1. The minimum absolute atomic E-state index is 0.176. The van der Waals surface area contributed by atoms with Crippen molar-refractivity contribution in [3.8, 4) is 28.5 Å². The Kier molecular flexibility index (Phi) is 4.08. The van der Waals surface area contributed by atoms with Crippen LogP contribution < -0.4 is 11.5 Å². The normalized spacial score (nSPS) is 10.3. The second kappa shape index (κ2) is 6.34. The van der Waals surface area contributed by atoms with Crippen molar-refractivity contribution in [3.63, 3.8) is 0 Å². The minimum Gasteiger partial charge on any atom is -0.383 e. The molecule has 0 amide bonds. The average Bonchev–Trinajstić information content (AvgIpc) is 2.62. The van der Waals surface area contributed by atoms with Crippen molar-refractivity contribution in [2.24, 2.45) is 0 Å². The van der Waals surface area contributed by atoms with Gasteiger partial charge in [-0.25, -0.2) is 15.0 Å². The molecule has 2 aromatic heterocycles. The van der Waals surface area contributed by atoms with Gasteiger partial charge in [-0.2, -0.15) is 5.26 Å². The number of nitrogens with two attached hydrogens (primary N) is 2. The van der Waals surface area contributed by atoms with Crippen molar-refractivity contribution < 1.29 is 0 Å². The van der Waals surface area contributed by atoms with Crippen LogP contribution in [0.1, 0.15) is 18.1 Å². The average molecular weight is 316 g/mol. The Morgan fingerprint density at radius 2 is 1.71 bits per heavy atom. The van der Waals surface area contributed by atoms with Crippen LogP contribution in [0, 0.1) is 11.3 Å². The highest BCUT2D eigenvalue weighted by molar-refractivity contribution is 5.79. The summed E-state index contributed by atoms with van der Waals surface area (Å²) in [7, 11) is 0. The van der Waals surface area contributed by atoms with Crippen LogP contribution >= 0.6 is 0 Å². The molecule has 3 aromatic rings. The zero-order valence-corrected chi connectivity index (χ0v) is 13.2. The molecule has 4 N–H and O–H groups in total. The second-order valence-corrected chi connectivity index (χ2v) is 5.31. The van der Waals surface area contributed by atoms with Crippen molar-refractivity contribution in [1.82, 2.24) is 15.0 Å². The first-order valence-electron chi connectivity index (χ1n) is 7.50. The molecular weight excluding hydrogens is 300 g/mol. The van der Waals surface area contributed by atoms with Crippen molar-refractivity contribution in [1.29, 1.82) is 5.26 Å². The lowest BCUT2D eigenvalue weighted by atomic mass is 10.00.